The molecule has 0 bridgehead atoms. The number of nitriles is 1. The van der Waals surface area contributed by atoms with E-state index in [0.29, 0.717) is 6.42 Å². The highest BCUT2D eigenvalue weighted by Crippen LogP contribution is 2.48. The first kappa shape index (κ1) is 17.4. The number of fused-ring (bicyclic) bond motifs is 2. The molecule has 1 aliphatic rings. The Hall–Kier alpha value is -3.71. The molecule has 1 unspecified atom stereocenters. The van der Waals surface area contributed by atoms with E-state index in [4.69, 9.17) is 4.98 Å². The Morgan fingerprint density at radius 3 is 2.48 bits per heavy atom. The highest BCUT2D eigenvalue weighted by atomic mass is 16.2. The number of anilines is 1. The van der Waals surface area contributed by atoms with Crippen LogP contribution in [0.4, 0.5) is 5.69 Å². The van der Waals surface area contributed by atoms with Crippen molar-refractivity contribution in [2.75, 3.05) is 11.9 Å². The molecule has 0 radical (unpaired) electrons. The summed E-state index contributed by atoms with van der Waals surface area (Å²) in [6.45, 7) is 0. The molecule has 0 saturated heterocycles. The van der Waals surface area contributed by atoms with Crippen LogP contribution in [-0.4, -0.2) is 17.9 Å². The molecule has 1 aromatic heterocycles. The summed E-state index contributed by atoms with van der Waals surface area (Å²) in [5.74, 6) is -0.0401. The monoisotopic (exact) mass is 377 g/mol. The lowest BCUT2D eigenvalue weighted by atomic mass is 9.69. The molecular weight excluding hydrogens is 358 g/mol. The summed E-state index contributed by atoms with van der Waals surface area (Å²) in [6.07, 6.45) is 0.665. The van der Waals surface area contributed by atoms with Crippen LogP contribution >= 0.6 is 0 Å². The molecule has 3 aromatic carbocycles. The van der Waals surface area contributed by atoms with Gasteiger partial charge in [0, 0.05) is 24.2 Å². The first-order valence-electron chi connectivity index (χ1n) is 9.71. The number of hydrogen-bond donors (Lipinski definition) is 0. The molecule has 1 aliphatic heterocycles. The van der Waals surface area contributed by atoms with Crippen LogP contribution in [0.15, 0.2) is 72.8 Å². The van der Waals surface area contributed by atoms with Crippen molar-refractivity contribution in [3.05, 3.63) is 84.1 Å². The van der Waals surface area contributed by atoms with E-state index < -0.39 is 5.41 Å². The van der Waals surface area contributed by atoms with E-state index in [1.165, 1.54) is 0 Å². The van der Waals surface area contributed by atoms with E-state index in [1.54, 1.807) is 4.90 Å². The lowest BCUT2D eigenvalue weighted by molar-refractivity contribution is -0.122. The van der Waals surface area contributed by atoms with Crippen molar-refractivity contribution in [1.29, 1.82) is 5.26 Å². The first-order valence-corrected chi connectivity index (χ1v) is 9.71. The van der Waals surface area contributed by atoms with Crippen molar-refractivity contribution in [1.82, 2.24) is 4.98 Å². The molecule has 4 aromatic rings. The molecule has 140 valence electrons. The minimum atomic E-state index is -0.984. The number of benzene rings is 3. The minimum Gasteiger partial charge on any atom is -0.314 e. The Kier molecular flexibility index (Phi) is 3.85. The van der Waals surface area contributed by atoms with Crippen molar-refractivity contribution < 1.29 is 4.79 Å². The van der Waals surface area contributed by atoms with Gasteiger partial charge < -0.3 is 4.90 Å². The summed E-state index contributed by atoms with van der Waals surface area (Å²) in [4.78, 5) is 20.6. The third kappa shape index (κ3) is 2.31. The second kappa shape index (κ2) is 6.42. The minimum absolute atomic E-state index is 0.0401. The van der Waals surface area contributed by atoms with Gasteiger partial charge >= 0.3 is 0 Å². The summed E-state index contributed by atoms with van der Waals surface area (Å²) in [7, 11) is 1.82. The molecular formula is C25H19N3O. The Balaban J connectivity index is 1.99. The Bertz CT molecular complexity index is 1310. The Morgan fingerprint density at radius 2 is 1.69 bits per heavy atom. The van der Waals surface area contributed by atoms with Crippen LogP contribution in [0.1, 0.15) is 24.1 Å². The average Bonchev–Trinajstić information content (AvgIpc) is 2.78. The van der Waals surface area contributed by atoms with E-state index in [1.807, 2.05) is 67.7 Å². The first-order chi connectivity index (χ1) is 14.2. The van der Waals surface area contributed by atoms with Gasteiger partial charge in [-0.1, -0.05) is 60.7 Å². The Labute approximate surface area is 169 Å². The molecule has 0 aliphatic carbocycles. The lowest BCUT2D eigenvalue weighted by Gasteiger charge is -2.41. The van der Waals surface area contributed by atoms with Gasteiger partial charge in [0.05, 0.1) is 23.0 Å². The second-order valence-corrected chi connectivity index (χ2v) is 7.47. The van der Waals surface area contributed by atoms with Gasteiger partial charge in [0.1, 0.15) is 5.41 Å². The number of pyridine rings is 1. The van der Waals surface area contributed by atoms with Crippen molar-refractivity contribution >= 4 is 33.3 Å². The van der Waals surface area contributed by atoms with Gasteiger partial charge in [0.25, 0.3) is 0 Å². The maximum Gasteiger partial charge on any atom is 0.243 e. The molecule has 1 atom stereocenters. The Morgan fingerprint density at radius 1 is 0.966 bits per heavy atom. The zero-order valence-corrected chi connectivity index (χ0v) is 16.1. The number of amides is 1. The third-order valence-electron chi connectivity index (χ3n) is 6.02. The zero-order valence-electron chi connectivity index (χ0n) is 16.1. The molecule has 0 fully saturated rings. The van der Waals surface area contributed by atoms with E-state index in [2.05, 4.69) is 18.2 Å². The number of nitrogens with zero attached hydrogens (tertiary/aromatic N) is 3. The number of aromatic nitrogens is 1. The maximum atomic E-state index is 13.9. The third-order valence-corrected chi connectivity index (χ3v) is 6.02. The normalized spacial score (nSPS) is 18.2. The number of carbonyl (C=O) groups is 1. The van der Waals surface area contributed by atoms with Crippen molar-refractivity contribution in [3.63, 3.8) is 0 Å². The van der Waals surface area contributed by atoms with Crippen LogP contribution in [0.25, 0.3) is 21.7 Å². The highest BCUT2D eigenvalue weighted by molar-refractivity contribution is 6.20. The van der Waals surface area contributed by atoms with Gasteiger partial charge in [0.15, 0.2) is 0 Å². The SMILES string of the molecule is CN1C(=O)C(CCC#N)(c2ccccc2)c2nc3ccccc3c3cccc1c23. The summed E-state index contributed by atoms with van der Waals surface area (Å²) in [5, 5.41) is 12.5. The summed E-state index contributed by atoms with van der Waals surface area (Å²) >= 11 is 0. The van der Waals surface area contributed by atoms with E-state index in [-0.39, 0.29) is 12.3 Å². The van der Waals surface area contributed by atoms with Crippen LogP contribution in [0, 0.1) is 11.3 Å². The molecule has 0 N–H and O–H groups in total. The highest BCUT2D eigenvalue weighted by Gasteiger charge is 2.49. The van der Waals surface area contributed by atoms with E-state index >= 15 is 0 Å². The molecule has 0 saturated carbocycles. The van der Waals surface area contributed by atoms with Crippen LogP contribution in [0.5, 0.6) is 0 Å². The summed E-state index contributed by atoms with van der Waals surface area (Å²) in [6, 6.07) is 26.1. The molecule has 1 amide bonds. The predicted molar refractivity (Wildman–Crippen MR) is 115 cm³/mol. The summed E-state index contributed by atoms with van der Waals surface area (Å²) in [5.41, 5.74) is 2.38. The van der Waals surface area contributed by atoms with Crippen LogP contribution in [-0.2, 0) is 10.2 Å². The van der Waals surface area contributed by atoms with Crippen LogP contribution < -0.4 is 4.90 Å². The summed E-state index contributed by atoms with van der Waals surface area (Å²) < 4.78 is 0. The molecule has 2 heterocycles. The number of carbonyl (C=O) groups excluding carboxylic acids is 1. The maximum absolute atomic E-state index is 13.9. The largest absolute Gasteiger partial charge is 0.314 e. The molecule has 4 heteroatoms. The number of likely N-dealkylation sites (N-methyl/N-ethyl adjacent to an activating group) is 1. The smallest absolute Gasteiger partial charge is 0.243 e. The fourth-order valence-corrected chi connectivity index (χ4v) is 4.67. The van der Waals surface area contributed by atoms with E-state index in [0.717, 1.165) is 38.6 Å². The standard InChI is InChI=1S/C25H19N3O/c1-28-21-14-7-12-19-18-11-5-6-13-20(18)27-23(22(19)21)25(24(28)29,15-8-16-26)17-9-3-2-4-10-17/h2-7,9-14H,8,15H2,1H3. The van der Waals surface area contributed by atoms with Gasteiger partial charge in [-0.3, -0.25) is 9.78 Å². The van der Waals surface area contributed by atoms with Crippen molar-refractivity contribution in [3.8, 4) is 6.07 Å². The average molecular weight is 377 g/mol. The molecule has 29 heavy (non-hydrogen) atoms. The molecule has 0 spiro atoms. The molecule has 4 nitrogen and oxygen atoms in total. The topological polar surface area (TPSA) is 57.0 Å². The lowest BCUT2D eigenvalue weighted by Crippen LogP contribution is -2.49. The van der Waals surface area contributed by atoms with Crippen LogP contribution in [0.3, 0.4) is 0 Å². The van der Waals surface area contributed by atoms with Crippen LogP contribution in [0.2, 0.25) is 0 Å². The van der Waals surface area contributed by atoms with Gasteiger partial charge in [-0.15, -0.1) is 0 Å². The van der Waals surface area contributed by atoms with E-state index in [9.17, 15) is 10.1 Å². The zero-order chi connectivity index (χ0) is 20.0. The fraction of sp³-hybridized carbons (Fsp3) is 0.160. The van der Waals surface area contributed by atoms with Gasteiger partial charge in [0.2, 0.25) is 5.91 Å². The molecule has 5 rings (SSSR count). The van der Waals surface area contributed by atoms with Crippen molar-refractivity contribution in [2.24, 2.45) is 0 Å². The predicted octanol–water partition coefficient (Wildman–Crippen LogP) is 4.95. The number of rotatable bonds is 3. The van der Waals surface area contributed by atoms with Gasteiger partial charge in [-0.25, -0.2) is 0 Å². The quantitative estimate of drug-likeness (QED) is 0.475. The van der Waals surface area contributed by atoms with Gasteiger partial charge in [-0.2, -0.15) is 5.26 Å². The van der Waals surface area contributed by atoms with Crippen molar-refractivity contribution in [2.45, 2.75) is 18.3 Å². The number of para-hydroxylation sites is 1. The van der Waals surface area contributed by atoms with Gasteiger partial charge in [-0.05, 0) is 29.5 Å². The fourth-order valence-electron chi connectivity index (χ4n) is 4.67. The second-order valence-electron chi connectivity index (χ2n) is 7.47. The number of hydrogen-bond acceptors (Lipinski definition) is 3.